The van der Waals surface area contributed by atoms with Crippen molar-refractivity contribution in [3.05, 3.63) is 35.4 Å². The van der Waals surface area contributed by atoms with Crippen molar-refractivity contribution < 1.29 is 9.53 Å². The Labute approximate surface area is 144 Å². The molecule has 0 radical (unpaired) electrons. The van der Waals surface area contributed by atoms with Crippen LogP contribution in [-0.2, 0) is 22.7 Å². The Morgan fingerprint density at radius 2 is 1.87 bits per heavy atom. The zero-order valence-electron chi connectivity index (χ0n) is 13.7. The molecule has 2 saturated heterocycles. The van der Waals surface area contributed by atoms with Crippen LogP contribution in [-0.4, -0.2) is 25.1 Å². The number of methoxy groups -OCH3 is 1. The summed E-state index contributed by atoms with van der Waals surface area (Å²) in [6.07, 6.45) is 5.55. The topological polar surface area (TPSA) is 50.4 Å². The van der Waals surface area contributed by atoms with Crippen molar-refractivity contribution in [1.82, 2.24) is 10.6 Å². The Morgan fingerprint density at radius 1 is 1.22 bits per heavy atom. The van der Waals surface area contributed by atoms with Crippen LogP contribution in [0.15, 0.2) is 24.3 Å². The summed E-state index contributed by atoms with van der Waals surface area (Å²) in [6.45, 7) is 1.18. The second kappa shape index (κ2) is 8.67. The van der Waals surface area contributed by atoms with Gasteiger partial charge in [0.25, 0.3) is 0 Å². The standard InChI is InChI=1S/C18H26N2O2.ClH/c1-22-12-15-5-3-2-4-14(15)11-19-18(21)10-13-8-16-6-7-17(9-13)20-16;/h2-5,13,16-17,20H,6-12H2,1H3,(H,19,21);1H. The predicted octanol–water partition coefficient (Wildman–Crippen LogP) is 2.79. The van der Waals surface area contributed by atoms with E-state index in [0.29, 0.717) is 37.6 Å². The summed E-state index contributed by atoms with van der Waals surface area (Å²) in [4.78, 5) is 12.2. The molecule has 3 rings (SSSR count). The van der Waals surface area contributed by atoms with E-state index in [1.807, 2.05) is 12.1 Å². The molecule has 128 valence electrons. The molecule has 1 amide bonds. The second-order valence-corrected chi connectivity index (χ2v) is 6.66. The maximum atomic E-state index is 12.2. The van der Waals surface area contributed by atoms with Crippen LogP contribution in [0.5, 0.6) is 0 Å². The quantitative estimate of drug-likeness (QED) is 0.838. The Bertz CT molecular complexity index is 511. The number of rotatable bonds is 6. The molecule has 0 saturated carbocycles. The summed E-state index contributed by atoms with van der Waals surface area (Å²) in [7, 11) is 1.70. The van der Waals surface area contributed by atoms with Gasteiger partial charge in [-0.25, -0.2) is 0 Å². The number of amides is 1. The Balaban J connectivity index is 0.00000192. The molecule has 23 heavy (non-hydrogen) atoms. The maximum absolute atomic E-state index is 12.2. The Kier molecular flexibility index (Phi) is 6.88. The molecule has 2 N–H and O–H groups in total. The van der Waals surface area contributed by atoms with Gasteiger partial charge in [0.15, 0.2) is 0 Å². The Hall–Kier alpha value is -1.10. The highest BCUT2D eigenvalue weighted by Crippen LogP contribution is 2.32. The van der Waals surface area contributed by atoms with Gasteiger partial charge in [-0.05, 0) is 42.7 Å². The fourth-order valence-corrected chi connectivity index (χ4v) is 3.90. The molecule has 4 nitrogen and oxygen atoms in total. The fourth-order valence-electron chi connectivity index (χ4n) is 3.90. The molecular weight excluding hydrogens is 312 g/mol. The molecule has 0 aliphatic carbocycles. The first kappa shape index (κ1) is 18.2. The van der Waals surface area contributed by atoms with Crippen LogP contribution in [0.4, 0.5) is 0 Å². The van der Waals surface area contributed by atoms with Gasteiger partial charge in [-0.3, -0.25) is 4.79 Å². The van der Waals surface area contributed by atoms with Crippen LogP contribution in [0.1, 0.15) is 43.2 Å². The van der Waals surface area contributed by atoms with E-state index in [0.717, 1.165) is 24.0 Å². The summed E-state index contributed by atoms with van der Waals surface area (Å²) in [5.41, 5.74) is 2.29. The fraction of sp³-hybridized carbons (Fsp3) is 0.611. The minimum Gasteiger partial charge on any atom is -0.380 e. The number of carbonyl (C=O) groups is 1. The minimum absolute atomic E-state index is 0. The second-order valence-electron chi connectivity index (χ2n) is 6.66. The lowest BCUT2D eigenvalue weighted by Gasteiger charge is -2.28. The number of hydrogen-bond acceptors (Lipinski definition) is 3. The summed E-state index contributed by atoms with van der Waals surface area (Å²) < 4.78 is 5.21. The third kappa shape index (κ3) is 4.93. The molecule has 2 atom stereocenters. The number of benzene rings is 1. The van der Waals surface area contributed by atoms with Crippen molar-refractivity contribution >= 4 is 18.3 Å². The lowest BCUT2D eigenvalue weighted by Crippen LogP contribution is -2.39. The number of ether oxygens (including phenoxy) is 1. The summed E-state index contributed by atoms with van der Waals surface area (Å²) in [5.74, 6) is 0.728. The number of halogens is 1. The summed E-state index contributed by atoms with van der Waals surface area (Å²) in [6, 6.07) is 9.42. The predicted molar refractivity (Wildman–Crippen MR) is 93.5 cm³/mol. The van der Waals surface area contributed by atoms with Crippen LogP contribution in [0.2, 0.25) is 0 Å². The molecule has 2 bridgehead atoms. The minimum atomic E-state index is 0. The van der Waals surface area contributed by atoms with E-state index in [1.54, 1.807) is 7.11 Å². The molecule has 2 heterocycles. The highest BCUT2D eigenvalue weighted by atomic mass is 35.5. The van der Waals surface area contributed by atoms with Gasteiger partial charge in [-0.2, -0.15) is 0 Å². The lowest BCUT2D eigenvalue weighted by molar-refractivity contribution is -0.122. The molecule has 2 aliphatic rings. The highest BCUT2D eigenvalue weighted by Gasteiger charge is 2.34. The van der Waals surface area contributed by atoms with Crippen molar-refractivity contribution in [2.24, 2.45) is 5.92 Å². The number of fused-ring (bicyclic) bond motifs is 2. The summed E-state index contributed by atoms with van der Waals surface area (Å²) >= 11 is 0. The van der Waals surface area contributed by atoms with Gasteiger partial charge in [0.1, 0.15) is 0 Å². The maximum Gasteiger partial charge on any atom is 0.220 e. The van der Waals surface area contributed by atoms with Gasteiger partial charge in [-0.15, -0.1) is 12.4 Å². The SMILES string of the molecule is COCc1ccccc1CNC(=O)CC1CC2CCC(C1)N2.Cl. The van der Waals surface area contributed by atoms with Crippen molar-refractivity contribution in [3.63, 3.8) is 0 Å². The first-order chi connectivity index (χ1) is 10.7. The van der Waals surface area contributed by atoms with Gasteiger partial charge in [0.05, 0.1) is 6.61 Å². The van der Waals surface area contributed by atoms with Gasteiger partial charge in [-0.1, -0.05) is 24.3 Å². The van der Waals surface area contributed by atoms with Crippen LogP contribution >= 0.6 is 12.4 Å². The van der Waals surface area contributed by atoms with Crippen LogP contribution in [0, 0.1) is 5.92 Å². The average molecular weight is 339 g/mol. The third-order valence-electron chi connectivity index (χ3n) is 4.94. The van der Waals surface area contributed by atoms with E-state index in [4.69, 9.17) is 4.74 Å². The van der Waals surface area contributed by atoms with Crippen molar-refractivity contribution in [3.8, 4) is 0 Å². The van der Waals surface area contributed by atoms with E-state index in [9.17, 15) is 4.79 Å². The van der Waals surface area contributed by atoms with E-state index < -0.39 is 0 Å². The van der Waals surface area contributed by atoms with Gasteiger partial charge in [0.2, 0.25) is 5.91 Å². The number of piperidine rings is 1. The first-order valence-corrected chi connectivity index (χ1v) is 8.33. The number of nitrogens with one attached hydrogen (secondary N) is 2. The Morgan fingerprint density at radius 3 is 2.52 bits per heavy atom. The molecule has 1 aromatic rings. The number of hydrogen-bond donors (Lipinski definition) is 2. The van der Waals surface area contributed by atoms with E-state index in [-0.39, 0.29) is 18.3 Å². The van der Waals surface area contributed by atoms with Crippen molar-refractivity contribution in [1.29, 1.82) is 0 Å². The zero-order chi connectivity index (χ0) is 15.4. The molecular formula is C18H27ClN2O2. The molecule has 2 fully saturated rings. The third-order valence-corrected chi connectivity index (χ3v) is 4.94. The highest BCUT2D eigenvalue weighted by molar-refractivity contribution is 5.85. The average Bonchev–Trinajstić information content (AvgIpc) is 2.85. The molecule has 2 aliphatic heterocycles. The van der Waals surface area contributed by atoms with Crippen LogP contribution in [0.25, 0.3) is 0 Å². The van der Waals surface area contributed by atoms with Gasteiger partial charge < -0.3 is 15.4 Å². The van der Waals surface area contributed by atoms with E-state index in [2.05, 4.69) is 22.8 Å². The van der Waals surface area contributed by atoms with E-state index >= 15 is 0 Å². The van der Waals surface area contributed by atoms with Gasteiger partial charge in [0, 0.05) is 32.2 Å². The number of carbonyl (C=O) groups excluding carboxylic acids is 1. The lowest BCUT2D eigenvalue weighted by atomic mass is 9.89. The van der Waals surface area contributed by atoms with Crippen LogP contribution in [0.3, 0.4) is 0 Å². The van der Waals surface area contributed by atoms with Crippen molar-refractivity contribution in [2.75, 3.05) is 7.11 Å². The molecule has 1 aromatic carbocycles. The summed E-state index contributed by atoms with van der Waals surface area (Å²) in [5, 5.41) is 6.71. The molecule has 0 aromatic heterocycles. The first-order valence-electron chi connectivity index (χ1n) is 8.33. The molecule has 5 heteroatoms. The van der Waals surface area contributed by atoms with E-state index in [1.165, 1.54) is 12.8 Å². The normalized spacial score (nSPS) is 25.7. The smallest absolute Gasteiger partial charge is 0.220 e. The van der Waals surface area contributed by atoms with Gasteiger partial charge >= 0.3 is 0 Å². The monoisotopic (exact) mass is 338 g/mol. The zero-order valence-corrected chi connectivity index (χ0v) is 14.5. The largest absolute Gasteiger partial charge is 0.380 e. The molecule has 0 spiro atoms. The molecule has 2 unspecified atom stereocenters. The van der Waals surface area contributed by atoms with Crippen LogP contribution < -0.4 is 10.6 Å². The van der Waals surface area contributed by atoms with Crippen molar-refractivity contribution in [2.45, 2.75) is 57.3 Å².